The van der Waals surface area contributed by atoms with Crippen molar-refractivity contribution in [1.29, 1.82) is 0 Å². The molecule has 0 spiro atoms. The molecule has 0 radical (unpaired) electrons. The van der Waals surface area contributed by atoms with Crippen LogP contribution in [0.15, 0.2) is 24.3 Å². The summed E-state index contributed by atoms with van der Waals surface area (Å²) < 4.78 is 11.3. The summed E-state index contributed by atoms with van der Waals surface area (Å²) in [5, 5.41) is 5.86. The van der Waals surface area contributed by atoms with Crippen molar-refractivity contribution < 1.29 is 28.3 Å². The molecule has 2 amide bonds. The summed E-state index contributed by atoms with van der Waals surface area (Å²) in [6.45, 7) is 12.1. The minimum absolute atomic E-state index is 0.0135. The van der Waals surface area contributed by atoms with Crippen molar-refractivity contribution in [2.75, 3.05) is 60.6 Å². The molecular weight excluding hydrogens is 472 g/mol. The van der Waals surface area contributed by atoms with Gasteiger partial charge in [0.15, 0.2) is 12.3 Å². The predicted molar refractivity (Wildman–Crippen MR) is 146 cm³/mol. The summed E-state index contributed by atoms with van der Waals surface area (Å²) in [6.07, 6.45) is 1.13. The molecule has 0 heterocycles. The number of benzene rings is 1. The highest BCUT2D eigenvalue weighted by molar-refractivity contribution is 5.88. The van der Waals surface area contributed by atoms with Crippen LogP contribution in [-0.4, -0.2) is 88.7 Å². The molecule has 9 nitrogen and oxygen atoms in total. The van der Waals surface area contributed by atoms with Crippen molar-refractivity contribution in [3.63, 3.8) is 0 Å². The highest BCUT2D eigenvalue weighted by atomic mass is 16.5. The second kappa shape index (κ2) is 14.4. The number of methoxy groups -OCH3 is 1. The molecule has 0 aliphatic rings. The molecule has 0 aliphatic carbocycles. The van der Waals surface area contributed by atoms with Gasteiger partial charge in [-0.2, -0.15) is 0 Å². The molecule has 0 aliphatic heterocycles. The van der Waals surface area contributed by atoms with Gasteiger partial charge in [0.1, 0.15) is 12.4 Å². The third kappa shape index (κ3) is 12.5. The fraction of sp³-hybridized carbons (Fsp3) is 0.679. The average Bonchev–Trinajstić information content (AvgIpc) is 2.79. The van der Waals surface area contributed by atoms with Crippen molar-refractivity contribution in [1.82, 2.24) is 10.6 Å². The Bertz CT molecular complexity index is 876. The Kier molecular flexibility index (Phi) is 12.7. The van der Waals surface area contributed by atoms with E-state index in [1.165, 1.54) is 0 Å². The van der Waals surface area contributed by atoms with Gasteiger partial charge >= 0.3 is 0 Å². The molecule has 0 saturated heterocycles. The van der Waals surface area contributed by atoms with Crippen LogP contribution in [0.25, 0.3) is 0 Å². The van der Waals surface area contributed by atoms with E-state index in [9.17, 15) is 14.4 Å². The number of likely N-dealkylation sites (N-methyl/N-ethyl adjacent to an activating group) is 1. The predicted octanol–water partition coefficient (Wildman–Crippen LogP) is 1.92. The highest BCUT2D eigenvalue weighted by Gasteiger charge is 2.28. The van der Waals surface area contributed by atoms with Gasteiger partial charge in [0.25, 0.3) is 5.91 Å². The molecule has 9 heteroatoms. The monoisotopic (exact) mass is 521 g/mol. The number of Topliss-reactive ketones (excluding diaryl/α,β-unsaturated/α-hetero) is 1. The van der Waals surface area contributed by atoms with Crippen LogP contribution < -0.4 is 21.1 Å². The maximum absolute atomic E-state index is 12.4. The minimum atomic E-state index is -0.534. The lowest BCUT2D eigenvalue weighted by Gasteiger charge is -2.30. The molecular formula is C28H49N4O5+. The van der Waals surface area contributed by atoms with Crippen LogP contribution in [0, 0.1) is 10.8 Å². The van der Waals surface area contributed by atoms with Gasteiger partial charge in [-0.1, -0.05) is 46.8 Å². The van der Waals surface area contributed by atoms with Crippen LogP contribution >= 0.6 is 0 Å². The number of quaternary nitrogens is 1. The summed E-state index contributed by atoms with van der Waals surface area (Å²) in [5.74, 6) is 0.639. The molecule has 1 rings (SSSR count). The van der Waals surface area contributed by atoms with Crippen molar-refractivity contribution in [3.05, 3.63) is 29.8 Å². The van der Waals surface area contributed by atoms with Gasteiger partial charge < -0.3 is 30.3 Å². The lowest BCUT2D eigenvalue weighted by atomic mass is 9.85. The number of amides is 2. The number of nitrogens with two attached hydrogens (primary N) is 1. The van der Waals surface area contributed by atoms with Gasteiger partial charge in [-0.3, -0.25) is 14.4 Å². The van der Waals surface area contributed by atoms with E-state index in [1.807, 2.05) is 73.0 Å². The van der Waals surface area contributed by atoms with Crippen LogP contribution in [0.1, 0.15) is 46.6 Å². The molecule has 4 N–H and O–H groups in total. The minimum Gasteiger partial charge on any atom is -0.492 e. The van der Waals surface area contributed by atoms with Crippen molar-refractivity contribution in [2.45, 2.75) is 53.5 Å². The number of ether oxygens (including phenoxy) is 2. The van der Waals surface area contributed by atoms with Crippen molar-refractivity contribution in [2.24, 2.45) is 16.6 Å². The molecule has 37 heavy (non-hydrogen) atoms. The Morgan fingerprint density at radius 3 is 2.16 bits per heavy atom. The van der Waals surface area contributed by atoms with Crippen LogP contribution in [0.4, 0.5) is 0 Å². The molecule has 1 aromatic rings. The van der Waals surface area contributed by atoms with Gasteiger partial charge in [-0.15, -0.1) is 0 Å². The van der Waals surface area contributed by atoms with E-state index >= 15 is 0 Å². The van der Waals surface area contributed by atoms with E-state index in [2.05, 4.69) is 10.6 Å². The molecule has 0 aromatic heterocycles. The first-order chi connectivity index (χ1) is 17.1. The van der Waals surface area contributed by atoms with E-state index in [-0.39, 0.29) is 17.6 Å². The van der Waals surface area contributed by atoms with Gasteiger partial charge in [0.2, 0.25) is 5.91 Å². The lowest BCUT2D eigenvalue weighted by molar-refractivity contribution is -0.881. The Labute approximate surface area is 223 Å². The SMILES string of the molecule is COCCC(C)(C)C(=O)NCC[N+](C)(C)CC(=O)NCCOc1ccc(CC(N)C(=O)C(C)(C)C)cc1. The zero-order chi connectivity index (χ0) is 28.3. The smallest absolute Gasteiger partial charge is 0.275 e. The number of carbonyl (C=O) groups is 3. The van der Waals surface area contributed by atoms with Gasteiger partial charge in [0.05, 0.1) is 39.8 Å². The van der Waals surface area contributed by atoms with Gasteiger partial charge in [-0.05, 0) is 30.5 Å². The summed E-state index contributed by atoms with van der Waals surface area (Å²) in [5.41, 5.74) is 6.09. The molecule has 0 saturated carbocycles. The Morgan fingerprint density at radius 1 is 0.973 bits per heavy atom. The summed E-state index contributed by atoms with van der Waals surface area (Å²) >= 11 is 0. The molecule has 210 valence electrons. The number of hydrogen-bond donors (Lipinski definition) is 3. The van der Waals surface area contributed by atoms with E-state index in [0.717, 1.165) is 5.56 Å². The van der Waals surface area contributed by atoms with E-state index in [0.29, 0.717) is 62.5 Å². The standard InChI is InChI=1S/C28H48N4O5/c1-27(2,3)25(34)23(29)19-21-9-11-22(12-10-21)37-18-15-30-24(33)20-32(6,7)16-14-31-26(35)28(4,5)13-17-36-8/h9-12,23H,13-20,29H2,1-8H3,(H-,30,31,33,35)/p+1. The summed E-state index contributed by atoms with van der Waals surface area (Å²) in [4.78, 5) is 37.1. The quantitative estimate of drug-likeness (QED) is 0.226. The Morgan fingerprint density at radius 2 is 1.59 bits per heavy atom. The average molecular weight is 522 g/mol. The summed E-state index contributed by atoms with van der Waals surface area (Å²) in [7, 11) is 5.54. The number of hydrogen-bond acceptors (Lipinski definition) is 6. The zero-order valence-corrected chi connectivity index (χ0v) is 24.1. The number of carbonyl (C=O) groups excluding carboxylic acids is 3. The van der Waals surface area contributed by atoms with Crippen molar-refractivity contribution in [3.8, 4) is 5.75 Å². The largest absolute Gasteiger partial charge is 0.492 e. The fourth-order valence-corrected chi connectivity index (χ4v) is 3.69. The fourth-order valence-electron chi connectivity index (χ4n) is 3.69. The molecule has 0 fully saturated rings. The van der Waals surface area contributed by atoms with E-state index < -0.39 is 16.9 Å². The van der Waals surface area contributed by atoms with Crippen LogP contribution in [0.5, 0.6) is 5.75 Å². The van der Waals surface area contributed by atoms with Crippen molar-refractivity contribution >= 4 is 17.6 Å². The second-order valence-electron chi connectivity index (χ2n) is 12.0. The number of nitrogens with zero attached hydrogens (tertiary/aromatic N) is 1. The topological polar surface area (TPSA) is 120 Å². The van der Waals surface area contributed by atoms with Gasteiger partial charge in [-0.25, -0.2) is 0 Å². The molecule has 1 unspecified atom stereocenters. The summed E-state index contributed by atoms with van der Waals surface area (Å²) in [6, 6.07) is 6.96. The first kappa shape index (κ1) is 32.5. The highest BCUT2D eigenvalue weighted by Crippen LogP contribution is 2.20. The molecule has 0 bridgehead atoms. The second-order valence-corrected chi connectivity index (χ2v) is 12.0. The maximum Gasteiger partial charge on any atom is 0.275 e. The number of rotatable bonds is 16. The van der Waals surface area contributed by atoms with E-state index in [1.54, 1.807) is 7.11 Å². The first-order valence-corrected chi connectivity index (χ1v) is 12.9. The van der Waals surface area contributed by atoms with Crippen LogP contribution in [-0.2, 0) is 25.5 Å². The third-order valence-electron chi connectivity index (χ3n) is 6.27. The van der Waals surface area contributed by atoms with Gasteiger partial charge in [0, 0.05) is 24.5 Å². The maximum atomic E-state index is 12.4. The Hall–Kier alpha value is -2.49. The molecule has 1 aromatic carbocycles. The number of nitrogens with one attached hydrogen (secondary N) is 2. The normalized spacial score (nSPS) is 13.1. The third-order valence-corrected chi connectivity index (χ3v) is 6.27. The van der Waals surface area contributed by atoms with Crippen LogP contribution in [0.3, 0.4) is 0 Å². The Balaban J connectivity index is 2.34. The number of ketones is 1. The first-order valence-electron chi connectivity index (χ1n) is 12.9. The van der Waals surface area contributed by atoms with E-state index in [4.69, 9.17) is 15.2 Å². The van der Waals surface area contributed by atoms with Crippen LogP contribution in [0.2, 0.25) is 0 Å². The lowest BCUT2D eigenvalue weighted by Crippen LogP contribution is -2.52. The molecule has 1 atom stereocenters. The zero-order valence-electron chi connectivity index (χ0n) is 24.1.